The lowest BCUT2D eigenvalue weighted by Gasteiger charge is -2.25. The van der Waals surface area contributed by atoms with Crippen molar-refractivity contribution in [2.24, 2.45) is 0 Å². The molecule has 0 fully saturated rings. The maximum Gasteiger partial charge on any atom is 0.361 e. The lowest BCUT2D eigenvalue weighted by atomic mass is 10.0. The molecule has 9 heteroatoms. The van der Waals surface area contributed by atoms with Crippen molar-refractivity contribution in [3.63, 3.8) is 0 Å². The van der Waals surface area contributed by atoms with Crippen molar-refractivity contribution in [1.29, 1.82) is 0 Å². The maximum atomic E-state index is 12.9. The van der Waals surface area contributed by atoms with Crippen molar-refractivity contribution < 1.29 is 42.9 Å². The first-order valence-electron chi connectivity index (χ1n) is 29.8. The number of quaternary nitrogens is 1. The smallest absolute Gasteiger partial charge is 0.361 e. The Morgan fingerprint density at radius 3 is 1.14 bits per heavy atom. The molecule has 0 aromatic heterocycles. The van der Waals surface area contributed by atoms with E-state index in [2.05, 4.69) is 62.5 Å². The summed E-state index contributed by atoms with van der Waals surface area (Å²) in [5.41, 5.74) is 0. The third kappa shape index (κ3) is 54.9. The van der Waals surface area contributed by atoms with Gasteiger partial charge in [0, 0.05) is 12.8 Å². The Balaban J connectivity index is 4.12. The third-order valence-electron chi connectivity index (χ3n) is 13.1. The van der Waals surface area contributed by atoms with Gasteiger partial charge in [0.2, 0.25) is 0 Å². The second kappa shape index (κ2) is 53.5. The van der Waals surface area contributed by atoms with Crippen molar-refractivity contribution in [2.45, 2.75) is 283 Å². The third-order valence-corrected chi connectivity index (χ3v) is 13.1. The highest BCUT2D eigenvalue weighted by atomic mass is 16.7. The number of carboxylic acid groups (broad SMARTS) is 1. The minimum atomic E-state index is -1.51. The molecule has 0 rings (SSSR count). The van der Waals surface area contributed by atoms with Gasteiger partial charge in [0.25, 0.3) is 6.29 Å². The number of hydrogen-bond acceptors (Lipinski definition) is 7. The Hall–Kier alpha value is -2.75. The molecule has 0 spiro atoms. The molecule has 0 heterocycles. The quantitative estimate of drug-likeness (QED) is 0.0211. The molecule has 9 nitrogen and oxygen atoms in total. The molecular formula is C62H114NO8+. The molecule has 2 unspecified atom stereocenters. The van der Waals surface area contributed by atoms with Crippen molar-refractivity contribution in [3.8, 4) is 0 Å². The Labute approximate surface area is 438 Å². The predicted molar refractivity (Wildman–Crippen MR) is 300 cm³/mol. The molecule has 0 aliphatic carbocycles. The zero-order valence-electron chi connectivity index (χ0n) is 47.1. The molecule has 0 aromatic rings. The fourth-order valence-corrected chi connectivity index (χ4v) is 8.43. The lowest BCUT2D eigenvalue weighted by Crippen LogP contribution is -2.40. The summed E-state index contributed by atoms with van der Waals surface area (Å²) in [5.74, 6) is -2.01. The van der Waals surface area contributed by atoms with Gasteiger partial charge in [-0.3, -0.25) is 9.59 Å². The van der Waals surface area contributed by atoms with Gasteiger partial charge >= 0.3 is 17.9 Å². The van der Waals surface area contributed by atoms with Gasteiger partial charge in [-0.2, -0.15) is 0 Å². The van der Waals surface area contributed by atoms with E-state index in [0.717, 1.165) is 70.6 Å². The van der Waals surface area contributed by atoms with Crippen LogP contribution in [0.15, 0.2) is 48.6 Å². The van der Waals surface area contributed by atoms with E-state index in [0.29, 0.717) is 11.0 Å². The number of aliphatic carboxylic acids is 1. The van der Waals surface area contributed by atoms with Gasteiger partial charge in [0.05, 0.1) is 34.4 Å². The average molecular weight is 1000 g/mol. The van der Waals surface area contributed by atoms with E-state index in [9.17, 15) is 19.5 Å². The van der Waals surface area contributed by atoms with Gasteiger partial charge in [0.15, 0.2) is 6.10 Å². The summed E-state index contributed by atoms with van der Waals surface area (Å²) in [5, 5.41) is 9.69. The topological polar surface area (TPSA) is 108 Å². The monoisotopic (exact) mass is 1000 g/mol. The molecule has 0 saturated heterocycles. The first-order chi connectivity index (χ1) is 34.6. The number of rotatable bonds is 55. The Kier molecular flexibility index (Phi) is 51.5. The van der Waals surface area contributed by atoms with Crippen LogP contribution in [0.4, 0.5) is 0 Å². The van der Waals surface area contributed by atoms with E-state index in [1.165, 1.54) is 173 Å². The Bertz CT molecular complexity index is 1300. The lowest BCUT2D eigenvalue weighted by molar-refractivity contribution is -0.870. The Morgan fingerprint density at radius 1 is 0.423 bits per heavy atom. The highest BCUT2D eigenvalue weighted by molar-refractivity contribution is 5.71. The van der Waals surface area contributed by atoms with Crippen molar-refractivity contribution in [2.75, 3.05) is 47.5 Å². The highest BCUT2D eigenvalue weighted by Crippen LogP contribution is 2.17. The molecule has 0 radical (unpaired) electrons. The number of carbonyl (C=O) groups excluding carboxylic acids is 2. The van der Waals surface area contributed by atoms with E-state index in [4.69, 9.17) is 18.9 Å². The Morgan fingerprint density at radius 2 is 0.761 bits per heavy atom. The van der Waals surface area contributed by atoms with Crippen LogP contribution in [0, 0.1) is 0 Å². The fraction of sp³-hybridized carbons (Fsp3) is 0.823. The minimum absolute atomic E-state index is 0.186. The van der Waals surface area contributed by atoms with E-state index >= 15 is 0 Å². The first kappa shape index (κ1) is 68.2. The largest absolute Gasteiger partial charge is 0.477 e. The van der Waals surface area contributed by atoms with Gasteiger partial charge in [-0.1, -0.05) is 229 Å². The van der Waals surface area contributed by atoms with Crippen LogP contribution in [0.3, 0.4) is 0 Å². The van der Waals surface area contributed by atoms with Crippen LogP contribution < -0.4 is 0 Å². The number of nitrogens with zero attached hydrogens (tertiary/aromatic N) is 1. The number of ether oxygens (including phenoxy) is 4. The van der Waals surface area contributed by atoms with Crippen molar-refractivity contribution in [1.82, 2.24) is 0 Å². The van der Waals surface area contributed by atoms with Gasteiger partial charge < -0.3 is 28.5 Å². The number of carboxylic acids is 1. The van der Waals surface area contributed by atoms with Gasteiger partial charge in [-0.05, 0) is 77.0 Å². The number of unbranched alkanes of at least 4 members (excludes halogenated alkanes) is 32. The summed E-state index contributed by atoms with van der Waals surface area (Å²) >= 11 is 0. The molecule has 0 aromatic carbocycles. The van der Waals surface area contributed by atoms with E-state index < -0.39 is 24.3 Å². The minimum Gasteiger partial charge on any atom is -0.477 e. The zero-order valence-corrected chi connectivity index (χ0v) is 47.1. The molecule has 2 atom stereocenters. The predicted octanol–water partition coefficient (Wildman–Crippen LogP) is 17.5. The molecule has 71 heavy (non-hydrogen) atoms. The molecule has 0 amide bonds. The highest BCUT2D eigenvalue weighted by Gasteiger charge is 2.25. The molecule has 1 N–H and O–H groups in total. The van der Waals surface area contributed by atoms with Gasteiger partial charge in [-0.15, -0.1) is 0 Å². The van der Waals surface area contributed by atoms with E-state index in [-0.39, 0.29) is 38.6 Å². The summed E-state index contributed by atoms with van der Waals surface area (Å²) in [6.07, 6.45) is 63.4. The number of hydrogen-bond donors (Lipinski definition) is 1. The van der Waals surface area contributed by atoms with Gasteiger partial charge in [-0.25, -0.2) is 4.79 Å². The van der Waals surface area contributed by atoms with Crippen LogP contribution in [0.1, 0.15) is 271 Å². The van der Waals surface area contributed by atoms with Crippen LogP contribution in [-0.2, 0) is 33.3 Å². The van der Waals surface area contributed by atoms with Gasteiger partial charge in [0.1, 0.15) is 13.2 Å². The van der Waals surface area contributed by atoms with Crippen LogP contribution in [0.2, 0.25) is 0 Å². The zero-order chi connectivity index (χ0) is 52.0. The van der Waals surface area contributed by atoms with Crippen LogP contribution >= 0.6 is 0 Å². The summed E-state index contributed by atoms with van der Waals surface area (Å²) in [6.45, 7) is 4.85. The molecule has 0 bridgehead atoms. The number of esters is 2. The molecule has 0 saturated carbocycles. The standard InChI is InChI=1S/C62H113NO8/c1-6-8-10-12-14-16-18-20-22-23-24-25-26-27-28-29-30-31-32-33-34-35-36-37-39-41-43-45-47-49-51-53-60(65)71-58(57-70-62(61(66)67)68-55-54-63(3,4)5)56-69-59(64)52-50-48-46-44-42-40-38-21-19-17-15-13-11-9-7-2/h15,17-18,20-21,23-24,38,58,62H,6-14,16,19,22,25-37,39-57H2,1-5H3/p+1/b17-15-,20-18-,24-23-,38-21-. The summed E-state index contributed by atoms with van der Waals surface area (Å²) < 4.78 is 22.9. The molecule has 0 aliphatic heterocycles. The number of allylic oxidation sites excluding steroid dienone is 8. The molecular weight excluding hydrogens is 887 g/mol. The van der Waals surface area contributed by atoms with Crippen molar-refractivity contribution in [3.05, 3.63) is 48.6 Å². The summed E-state index contributed by atoms with van der Waals surface area (Å²) in [4.78, 5) is 37.4. The molecule has 414 valence electrons. The maximum absolute atomic E-state index is 12.9. The number of likely N-dealkylation sites (N-methyl/N-ethyl adjacent to an activating group) is 1. The first-order valence-corrected chi connectivity index (χ1v) is 29.8. The van der Waals surface area contributed by atoms with Crippen LogP contribution in [0.25, 0.3) is 0 Å². The average Bonchev–Trinajstić information content (AvgIpc) is 3.34. The second-order valence-corrected chi connectivity index (χ2v) is 21.3. The summed E-state index contributed by atoms with van der Waals surface area (Å²) in [6, 6.07) is 0. The molecule has 0 aliphatic rings. The summed E-state index contributed by atoms with van der Waals surface area (Å²) in [7, 11) is 5.97. The number of carbonyl (C=O) groups is 3. The van der Waals surface area contributed by atoms with Crippen LogP contribution in [0.5, 0.6) is 0 Å². The van der Waals surface area contributed by atoms with E-state index in [1.807, 2.05) is 21.1 Å². The van der Waals surface area contributed by atoms with Crippen molar-refractivity contribution >= 4 is 17.9 Å². The second-order valence-electron chi connectivity index (χ2n) is 21.3. The SMILES string of the molecule is CCCCC/C=C\C/C=C\CCCCCCCC(=O)OCC(COC(OCC[N+](C)(C)C)C(=O)O)OC(=O)CCCCCCCCCCCCCCCCCCCCC/C=C\C/C=C\CCCCCCC. The van der Waals surface area contributed by atoms with Crippen LogP contribution in [-0.4, -0.2) is 87.4 Å². The fourth-order valence-electron chi connectivity index (χ4n) is 8.43. The van der Waals surface area contributed by atoms with E-state index in [1.54, 1.807) is 0 Å². The normalized spacial score (nSPS) is 13.1.